The van der Waals surface area contributed by atoms with E-state index in [0.717, 1.165) is 0 Å². The predicted molar refractivity (Wildman–Crippen MR) is 88.1 cm³/mol. The molecular formula is C14H9Cl3FNOS. The van der Waals surface area contributed by atoms with Crippen LogP contribution in [0.15, 0.2) is 30.3 Å². The lowest BCUT2D eigenvalue weighted by molar-refractivity contribution is 0.305. The average molecular weight is 365 g/mol. The molecule has 0 saturated heterocycles. The van der Waals surface area contributed by atoms with Crippen molar-refractivity contribution in [2.45, 2.75) is 6.61 Å². The van der Waals surface area contributed by atoms with Gasteiger partial charge in [0.1, 0.15) is 23.2 Å². The summed E-state index contributed by atoms with van der Waals surface area (Å²) in [4.78, 5) is 0.161. The molecule has 0 radical (unpaired) electrons. The Hall–Kier alpha value is -1.07. The first kappa shape index (κ1) is 16.3. The highest BCUT2D eigenvalue weighted by Gasteiger charge is 2.11. The molecule has 0 atom stereocenters. The third-order valence-electron chi connectivity index (χ3n) is 2.69. The van der Waals surface area contributed by atoms with Crippen molar-refractivity contribution in [3.63, 3.8) is 0 Å². The van der Waals surface area contributed by atoms with Gasteiger partial charge >= 0.3 is 0 Å². The summed E-state index contributed by atoms with van der Waals surface area (Å²) in [6, 6.07) is 7.06. The van der Waals surface area contributed by atoms with Crippen LogP contribution in [0.5, 0.6) is 5.75 Å². The third kappa shape index (κ3) is 3.98. The Morgan fingerprint density at radius 3 is 2.43 bits per heavy atom. The van der Waals surface area contributed by atoms with Crippen molar-refractivity contribution in [2.24, 2.45) is 5.73 Å². The van der Waals surface area contributed by atoms with Gasteiger partial charge in [-0.1, -0.05) is 47.0 Å². The zero-order valence-electron chi connectivity index (χ0n) is 10.5. The molecule has 0 aliphatic rings. The molecule has 110 valence electrons. The maximum absolute atomic E-state index is 13.3. The van der Waals surface area contributed by atoms with Gasteiger partial charge < -0.3 is 10.5 Å². The monoisotopic (exact) mass is 363 g/mol. The summed E-state index contributed by atoms with van der Waals surface area (Å²) in [5.41, 5.74) is 6.66. The van der Waals surface area contributed by atoms with Crippen LogP contribution in [-0.2, 0) is 6.61 Å². The van der Waals surface area contributed by atoms with Crippen molar-refractivity contribution in [3.8, 4) is 5.75 Å². The lowest BCUT2D eigenvalue weighted by Crippen LogP contribution is -2.14. The van der Waals surface area contributed by atoms with Gasteiger partial charge in [-0.2, -0.15) is 0 Å². The Balaban J connectivity index is 2.26. The molecule has 21 heavy (non-hydrogen) atoms. The first-order valence-corrected chi connectivity index (χ1v) is 7.28. The van der Waals surface area contributed by atoms with Crippen LogP contribution in [0.3, 0.4) is 0 Å². The van der Waals surface area contributed by atoms with E-state index in [9.17, 15) is 4.39 Å². The first-order chi connectivity index (χ1) is 9.88. The summed E-state index contributed by atoms with van der Waals surface area (Å²) in [7, 11) is 0. The molecule has 2 aromatic carbocycles. The molecule has 0 heterocycles. The minimum atomic E-state index is -0.408. The molecule has 0 saturated carbocycles. The van der Waals surface area contributed by atoms with Gasteiger partial charge in [0.15, 0.2) is 0 Å². The molecule has 0 aromatic heterocycles. The Kier molecular flexibility index (Phi) is 5.27. The van der Waals surface area contributed by atoms with E-state index in [1.54, 1.807) is 0 Å². The fraction of sp³-hybridized carbons (Fsp3) is 0.0714. The van der Waals surface area contributed by atoms with E-state index in [0.29, 0.717) is 31.9 Å². The van der Waals surface area contributed by atoms with Gasteiger partial charge in [0.05, 0.1) is 15.1 Å². The number of nitrogens with two attached hydrogens (primary N) is 1. The molecule has 0 aliphatic carbocycles. The highest BCUT2D eigenvalue weighted by atomic mass is 35.5. The van der Waals surface area contributed by atoms with Crippen molar-refractivity contribution >= 4 is 52.0 Å². The summed E-state index contributed by atoms with van der Waals surface area (Å²) in [6.45, 7) is 0.0438. The van der Waals surface area contributed by atoms with E-state index in [-0.39, 0.29) is 11.6 Å². The van der Waals surface area contributed by atoms with Crippen LogP contribution in [0.25, 0.3) is 0 Å². The van der Waals surface area contributed by atoms with Gasteiger partial charge in [0.25, 0.3) is 0 Å². The minimum absolute atomic E-state index is 0.0438. The number of benzene rings is 2. The number of ether oxygens (including phenoxy) is 1. The standard InChI is InChI=1S/C14H9Cl3FNOS/c15-10-4-12(17)13(5-11(10)16)20-6-7-3-8(18)1-2-9(7)14(19)21/h1-5H,6H2,(H2,19,21). The van der Waals surface area contributed by atoms with Gasteiger partial charge in [-0.3, -0.25) is 0 Å². The number of thiocarbonyl (C=S) groups is 1. The van der Waals surface area contributed by atoms with Crippen molar-refractivity contribution in [3.05, 3.63) is 62.3 Å². The SMILES string of the molecule is NC(=S)c1ccc(F)cc1COc1cc(Cl)c(Cl)cc1Cl. The molecular weight excluding hydrogens is 356 g/mol. The first-order valence-electron chi connectivity index (χ1n) is 5.74. The molecule has 2 nitrogen and oxygen atoms in total. The third-order valence-corrected chi connectivity index (χ3v) is 3.93. The van der Waals surface area contributed by atoms with E-state index in [2.05, 4.69) is 0 Å². The number of hydrogen-bond donors (Lipinski definition) is 1. The predicted octanol–water partition coefficient (Wildman–Crippen LogP) is 5.00. The molecule has 0 bridgehead atoms. The van der Waals surface area contributed by atoms with Crippen molar-refractivity contribution in [1.82, 2.24) is 0 Å². The van der Waals surface area contributed by atoms with Crippen molar-refractivity contribution in [2.75, 3.05) is 0 Å². The summed E-state index contributed by atoms with van der Waals surface area (Å²) in [5.74, 6) is -0.0712. The molecule has 0 aliphatic heterocycles. The number of halogens is 4. The molecule has 2 aromatic rings. The Morgan fingerprint density at radius 1 is 1.10 bits per heavy atom. The molecule has 7 heteroatoms. The fourth-order valence-electron chi connectivity index (χ4n) is 1.69. The summed E-state index contributed by atoms with van der Waals surface area (Å²) < 4.78 is 18.9. The summed E-state index contributed by atoms with van der Waals surface area (Å²) >= 11 is 22.7. The van der Waals surface area contributed by atoms with Crippen LogP contribution in [0.4, 0.5) is 4.39 Å². The molecule has 2 rings (SSSR count). The maximum atomic E-state index is 13.3. The molecule has 0 unspecified atom stereocenters. The van der Waals surface area contributed by atoms with Crippen LogP contribution in [0.2, 0.25) is 15.1 Å². The fourth-order valence-corrected chi connectivity index (χ4v) is 2.48. The number of hydrogen-bond acceptors (Lipinski definition) is 2. The van der Waals surface area contributed by atoms with Gasteiger partial charge in [-0.25, -0.2) is 4.39 Å². The second-order valence-corrected chi connectivity index (χ2v) is 5.81. The van der Waals surface area contributed by atoms with Crippen LogP contribution < -0.4 is 10.5 Å². The smallest absolute Gasteiger partial charge is 0.139 e. The quantitative estimate of drug-likeness (QED) is 0.612. The Morgan fingerprint density at radius 2 is 1.76 bits per heavy atom. The van der Waals surface area contributed by atoms with Gasteiger partial charge in [0.2, 0.25) is 0 Å². The van der Waals surface area contributed by atoms with E-state index in [1.165, 1.54) is 30.3 Å². The number of rotatable bonds is 4. The van der Waals surface area contributed by atoms with E-state index in [1.807, 2.05) is 0 Å². The van der Waals surface area contributed by atoms with Crippen LogP contribution in [0, 0.1) is 5.82 Å². The molecule has 0 fully saturated rings. The minimum Gasteiger partial charge on any atom is -0.487 e. The average Bonchev–Trinajstić information content (AvgIpc) is 2.41. The highest BCUT2D eigenvalue weighted by molar-refractivity contribution is 7.80. The van der Waals surface area contributed by atoms with Crippen molar-refractivity contribution < 1.29 is 9.13 Å². The topological polar surface area (TPSA) is 35.2 Å². The molecule has 2 N–H and O–H groups in total. The summed E-state index contributed by atoms with van der Waals surface area (Å²) in [5, 5.41) is 0.936. The largest absolute Gasteiger partial charge is 0.487 e. The van der Waals surface area contributed by atoms with E-state index < -0.39 is 5.82 Å². The lowest BCUT2D eigenvalue weighted by atomic mass is 10.1. The van der Waals surface area contributed by atoms with E-state index in [4.69, 9.17) is 57.5 Å². The van der Waals surface area contributed by atoms with Gasteiger partial charge in [-0.15, -0.1) is 0 Å². The second kappa shape index (κ2) is 6.79. The zero-order chi connectivity index (χ0) is 15.6. The Labute approximate surface area is 141 Å². The van der Waals surface area contributed by atoms with Crippen molar-refractivity contribution in [1.29, 1.82) is 0 Å². The van der Waals surface area contributed by atoms with Gasteiger partial charge in [-0.05, 0) is 24.3 Å². The van der Waals surface area contributed by atoms with Crippen LogP contribution >= 0.6 is 47.0 Å². The normalized spacial score (nSPS) is 10.5. The summed E-state index contributed by atoms with van der Waals surface area (Å²) in [6.07, 6.45) is 0. The maximum Gasteiger partial charge on any atom is 0.139 e. The molecule has 0 amide bonds. The second-order valence-electron chi connectivity index (χ2n) is 4.15. The lowest BCUT2D eigenvalue weighted by Gasteiger charge is -2.12. The Bertz CT molecular complexity index is 709. The van der Waals surface area contributed by atoms with Crippen LogP contribution in [0.1, 0.15) is 11.1 Å². The zero-order valence-corrected chi connectivity index (χ0v) is 13.6. The highest BCUT2D eigenvalue weighted by Crippen LogP contribution is 2.34. The molecule has 0 spiro atoms. The van der Waals surface area contributed by atoms with E-state index >= 15 is 0 Å². The van der Waals surface area contributed by atoms with Crippen LogP contribution in [-0.4, -0.2) is 4.99 Å². The van der Waals surface area contributed by atoms with Gasteiger partial charge in [0, 0.05) is 17.2 Å².